The first-order chi connectivity index (χ1) is 11.6. The number of hydrogen-bond donors (Lipinski definition) is 1. The molecule has 5 nitrogen and oxygen atoms in total. The molecule has 2 heterocycles. The van der Waals surface area contributed by atoms with Crippen LogP contribution in [0.15, 0.2) is 30.3 Å². The van der Waals surface area contributed by atoms with E-state index in [0.717, 1.165) is 42.8 Å². The maximum absolute atomic E-state index is 10.2. The van der Waals surface area contributed by atoms with E-state index in [9.17, 15) is 5.11 Å². The molecule has 0 bridgehead atoms. The molecule has 1 aromatic heterocycles. The van der Waals surface area contributed by atoms with Crippen LogP contribution < -0.4 is 9.64 Å². The third-order valence-electron chi connectivity index (χ3n) is 4.31. The van der Waals surface area contributed by atoms with E-state index in [-0.39, 0.29) is 0 Å². The fourth-order valence-electron chi connectivity index (χ4n) is 2.77. The molecule has 0 radical (unpaired) electrons. The number of hydrogen-bond acceptors (Lipinski definition) is 6. The predicted octanol–water partition coefficient (Wildman–Crippen LogP) is 2.32. The quantitative estimate of drug-likeness (QED) is 0.869. The molecule has 0 aliphatic carbocycles. The molecule has 0 amide bonds. The number of aliphatic hydroxyl groups is 1. The summed E-state index contributed by atoms with van der Waals surface area (Å²) in [6.45, 7) is 8.97. The Hall–Kier alpha value is -1.63. The second kappa shape index (κ2) is 7.96. The highest BCUT2D eigenvalue weighted by molar-refractivity contribution is 7.15. The van der Waals surface area contributed by atoms with Crippen molar-refractivity contribution in [2.24, 2.45) is 0 Å². The van der Waals surface area contributed by atoms with Crippen molar-refractivity contribution in [3.8, 4) is 5.75 Å². The van der Waals surface area contributed by atoms with Gasteiger partial charge in [-0.05, 0) is 26.0 Å². The Morgan fingerprint density at radius 2 is 1.88 bits per heavy atom. The first-order valence-corrected chi connectivity index (χ1v) is 9.20. The van der Waals surface area contributed by atoms with Gasteiger partial charge in [0, 0.05) is 37.6 Å². The topological polar surface area (TPSA) is 48.8 Å². The van der Waals surface area contributed by atoms with Gasteiger partial charge in [0.2, 0.25) is 0 Å². The van der Waals surface area contributed by atoms with Crippen LogP contribution in [0.5, 0.6) is 5.75 Å². The van der Waals surface area contributed by atoms with Gasteiger partial charge in [0.1, 0.15) is 18.5 Å². The molecule has 2 aromatic rings. The summed E-state index contributed by atoms with van der Waals surface area (Å²) in [5.74, 6) is 0.802. The maximum Gasteiger partial charge on any atom is 0.185 e. The molecular formula is C18H25N3O2S. The van der Waals surface area contributed by atoms with Crippen LogP contribution in [0.1, 0.15) is 10.6 Å². The molecule has 1 aromatic carbocycles. The first-order valence-electron chi connectivity index (χ1n) is 8.39. The van der Waals surface area contributed by atoms with Crippen LogP contribution in [0.25, 0.3) is 0 Å². The minimum Gasteiger partial charge on any atom is -0.491 e. The van der Waals surface area contributed by atoms with Gasteiger partial charge in [-0.1, -0.05) is 18.2 Å². The lowest BCUT2D eigenvalue weighted by Gasteiger charge is -2.35. The van der Waals surface area contributed by atoms with Gasteiger partial charge in [0.05, 0.1) is 5.69 Å². The van der Waals surface area contributed by atoms with Crippen molar-refractivity contribution < 1.29 is 9.84 Å². The zero-order valence-electron chi connectivity index (χ0n) is 14.3. The number of nitrogens with zero attached hydrogens (tertiary/aromatic N) is 3. The number of rotatable bonds is 6. The number of ether oxygens (including phenoxy) is 1. The average molecular weight is 347 g/mol. The summed E-state index contributed by atoms with van der Waals surface area (Å²) in [5, 5.41) is 11.3. The Kier molecular flexibility index (Phi) is 5.71. The number of aromatic nitrogens is 1. The predicted molar refractivity (Wildman–Crippen MR) is 98.2 cm³/mol. The Bertz CT molecular complexity index is 619. The van der Waals surface area contributed by atoms with Gasteiger partial charge in [-0.25, -0.2) is 4.98 Å². The molecule has 1 N–H and O–H groups in total. The fourth-order valence-corrected chi connectivity index (χ4v) is 3.73. The minimum absolute atomic E-state index is 0.328. The number of piperazine rings is 1. The highest BCUT2D eigenvalue weighted by Gasteiger charge is 2.21. The summed E-state index contributed by atoms with van der Waals surface area (Å²) >= 11 is 1.77. The average Bonchev–Trinajstić information content (AvgIpc) is 2.94. The summed E-state index contributed by atoms with van der Waals surface area (Å²) in [7, 11) is 0. The van der Waals surface area contributed by atoms with Crippen LogP contribution in [0.2, 0.25) is 0 Å². The van der Waals surface area contributed by atoms with E-state index in [1.807, 2.05) is 30.3 Å². The number of benzene rings is 1. The van der Waals surface area contributed by atoms with Gasteiger partial charge in [-0.15, -0.1) is 11.3 Å². The first kappa shape index (κ1) is 17.2. The Morgan fingerprint density at radius 3 is 2.50 bits per heavy atom. The number of β-amino-alcohol motifs (C(OH)–C–C–N with tert-alkyl or cyclic N) is 1. The molecule has 3 rings (SSSR count). The molecule has 1 aliphatic heterocycles. The molecule has 1 saturated heterocycles. The molecular weight excluding hydrogens is 322 g/mol. The van der Waals surface area contributed by atoms with Crippen molar-refractivity contribution in [2.75, 3.05) is 44.2 Å². The van der Waals surface area contributed by atoms with E-state index in [2.05, 4.69) is 28.6 Å². The van der Waals surface area contributed by atoms with Gasteiger partial charge >= 0.3 is 0 Å². The SMILES string of the molecule is Cc1nc(N2CCN(CC(O)COc3ccccc3)CC2)sc1C. The van der Waals surface area contributed by atoms with Crippen LogP contribution in [0, 0.1) is 13.8 Å². The molecule has 1 atom stereocenters. The zero-order chi connectivity index (χ0) is 16.9. The number of para-hydroxylation sites is 1. The minimum atomic E-state index is -0.471. The van der Waals surface area contributed by atoms with Crippen LogP contribution in [-0.2, 0) is 0 Å². The standard InChI is InChI=1S/C18H25N3O2S/c1-14-15(2)24-18(19-14)21-10-8-20(9-11-21)12-16(22)13-23-17-6-4-3-5-7-17/h3-7,16,22H,8-13H2,1-2H3. The second-order valence-electron chi connectivity index (χ2n) is 6.20. The van der Waals surface area contributed by atoms with Crippen LogP contribution in [0.4, 0.5) is 5.13 Å². The lowest BCUT2D eigenvalue weighted by molar-refractivity contribution is 0.0663. The lowest BCUT2D eigenvalue weighted by atomic mass is 10.2. The summed E-state index contributed by atoms with van der Waals surface area (Å²) in [6, 6.07) is 9.63. The van der Waals surface area contributed by atoms with Crippen molar-refractivity contribution in [1.82, 2.24) is 9.88 Å². The van der Waals surface area contributed by atoms with Crippen molar-refractivity contribution >= 4 is 16.5 Å². The van der Waals surface area contributed by atoms with Gasteiger partial charge < -0.3 is 14.7 Å². The van der Waals surface area contributed by atoms with Crippen LogP contribution >= 0.6 is 11.3 Å². The Balaban J connectivity index is 1.41. The largest absolute Gasteiger partial charge is 0.491 e. The Morgan fingerprint density at radius 1 is 1.17 bits per heavy atom. The molecule has 1 aliphatic rings. The lowest BCUT2D eigenvalue weighted by Crippen LogP contribution is -2.49. The molecule has 0 saturated carbocycles. The normalized spacial score (nSPS) is 17.0. The molecule has 6 heteroatoms. The van der Waals surface area contributed by atoms with Gasteiger partial charge in [-0.3, -0.25) is 4.90 Å². The Labute approximate surface area is 147 Å². The van der Waals surface area contributed by atoms with E-state index in [1.165, 1.54) is 4.88 Å². The van der Waals surface area contributed by atoms with Gasteiger partial charge in [-0.2, -0.15) is 0 Å². The number of anilines is 1. The fraction of sp³-hybridized carbons (Fsp3) is 0.500. The number of aliphatic hydroxyl groups excluding tert-OH is 1. The van der Waals surface area contributed by atoms with Crippen LogP contribution in [0.3, 0.4) is 0 Å². The van der Waals surface area contributed by atoms with E-state index in [4.69, 9.17) is 4.74 Å². The maximum atomic E-state index is 10.2. The molecule has 1 unspecified atom stereocenters. The third kappa shape index (κ3) is 4.47. The monoisotopic (exact) mass is 347 g/mol. The van der Waals surface area contributed by atoms with E-state index in [1.54, 1.807) is 11.3 Å². The van der Waals surface area contributed by atoms with Crippen LogP contribution in [-0.4, -0.2) is 60.4 Å². The van der Waals surface area contributed by atoms with E-state index in [0.29, 0.717) is 13.2 Å². The second-order valence-corrected chi connectivity index (χ2v) is 7.39. The van der Waals surface area contributed by atoms with Crippen molar-refractivity contribution in [3.63, 3.8) is 0 Å². The third-order valence-corrected chi connectivity index (χ3v) is 5.45. The van der Waals surface area contributed by atoms with Gasteiger partial charge in [0.15, 0.2) is 5.13 Å². The summed E-state index contributed by atoms with van der Waals surface area (Å²) in [4.78, 5) is 10.6. The highest BCUT2D eigenvalue weighted by atomic mass is 32.1. The molecule has 1 fully saturated rings. The zero-order valence-corrected chi connectivity index (χ0v) is 15.1. The molecule has 24 heavy (non-hydrogen) atoms. The van der Waals surface area contributed by atoms with Crippen molar-refractivity contribution in [3.05, 3.63) is 40.9 Å². The molecule has 130 valence electrons. The van der Waals surface area contributed by atoms with Crippen molar-refractivity contribution in [2.45, 2.75) is 20.0 Å². The summed E-state index contributed by atoms with van der Waals surface area (Å²) < 4.78 is 5.62. The number of thiazole rings is 1. The highest BCUT2D eigenvalue weighted by Crippen LogP contribution is 2.25. The summed E-state index contributed by atoms with van der Waals surface area (Å²) in [6.07, 6.45) is -0.471. The van der Waals surface area contributed by atoms with Gasteiger partial charge in [0.25, 0.3) is 0 Å². The van der Waals surface area contributed by atoms with E-state index < -0.39 is 6.10 Å². The number of aryl methyl sites for hydroxylation is 2. The van der Waals surface area contributed by atoms with E-state index >= 15 is 0 Å². The summed E-state index contributed by atoms with van der Waals surface area (Å²) in [5.41, 5.74) is 1.13. The van der Waals surface area contributed by atoms with Crippen molar-refractivity contribution in [1.29, 1.82) is 0 Å². The smallest absolute Gasteiger partial charge is 0.185 e. The molecule has 0 spiro atoms.